The van der Waals surface area contributed by atoms with Crippen LogP contribution in [0.25, 0.3) is 0 Å². The zero-order chi connectivity index (χ0) is 14.0. The van der Waals surface area contributed by atoms with Crippen molar-refractivity contribution in [3.8, 4) is 0 Å². The molecule has 1 N–H and O–H groups in total. The molecule has 1 aromatic rings. The van der Waals surface area contributed by atoms with Crippen LogP contribution in [0.4, 0.5) is 18.9 Å². The van der Waals surface area contributed by atoms with Crippen LogP contribution in [0.3, 0.4) is 0 Å². The van der Waals surface area contributed by atoms with Gasteiger partial charge < -0.3 is 5.32 Å². The van der Waals surface area contributed by atoms with E-state index in [1.165, 1.54) is 0 Å². The average Bonchev–Trinajstić information content (AvgIpc) is 2.32. The number of anilines is 1. The fraction of sp³-hybridized carbons (Fsp3) is 0.571. The number of halogens is 4. The fourth-order valence-electron chi connectivity index (χ4n) is 2.58. The van der Waals surface area contributed by atoms with Gasteiger partial charge in [-0.2, -0.15) is 13.2 Å². The molecule has 1 fully saturated rings. The van der Waals surface area contributed by atoms with Crippen LogP contribution in [0.5, 0.6) is 0 Å². The number of rotatable bonds is 2. The van der Waals surface area contributed by atoms with Gasteiger partial charge in [-0.1, -0.05) is 12.5 Å². The molecule has 1 aliphatic rings. The number of alkyl halides is 3. The summed E-state index contributed by atoms with van der Waals surface area (Å²) in [5, 5.41) is 3.23. The molecule has 106 valence electrons. The summed E-state index contributed by atoms with van der Waals surface area (Å²) >= 11 is 3.44. The van der Waals surface area contributed by atoms with E-state index in [0.717, 1.165) is 22.1 Å². The third-order valence-corrected chi connectivity index (χ3v) is 4.28. The third-order valence-electron chi connectivity index (χ3n) is 3.62. The standard InChI is InChI=1S/C14H17BrF3N/c1-9-5-6-13(12(15)7-9)19-11-4-2-3-10(8-11)14(16,17)18/h5-7,10-11,19H,2-4,8H2,1H3. The van der Waals surface area contributed by atoms with Gasteiger partial charge in [0, 0.05) is 16.2 Å². The van der Waals surface area contributed by atoms with Crippen molar-refractivity contribution in [3.63, 3.8) is 0 Å². The van der Waals surface area contributed by atoms with Crippen molar-refractivity contribution in [1.82, 2.24) is 0 Å². The van der Waals surface area contributed by atoms with Gasteiger partial charge in [-0.15, -0.1) is 0 Å². The van der Waals surface area contributed by atoms with Gasteiger partial charge in [-0.3, -0.25) is 0 Å². The van der Waals surface area contributed by atoms with Crippen LogP contribution in [-0.4, -0.2) is 12.2 Å². The van der Waals surface area contributed by atoms with E-state index in [1.54, 1.807) is 0 Å². The largest absolute Gasteiger partial charge is 0.391 e. The summed E-state index contributed by atoms with van der Waals surface area (Å²) in [7, 11) is 0. The summed E-state index contributed by atoms with van der Waals surface area (Å²) < 4.78 is 39.2. The first-order chi connectivity index (χ1) is 8.86. The SMILES string of the molecule is Cc1ccc(NC2CCCC(C(F)(F)F)C2)c(Br)c1. The second kappa shape index (κ2) is 5.73. The molecule has 0 aliphatic heterocycles. The molecule has 19 heavy (non-hydrogen) atoms. The normalized spacial score (nSPS) is 24.3. The summed E-state index contributed by atoms with van der Waals surface area (Å²) in [5.74, 6) is -1.16. The second-order valence-electron chi connectivity index (χ2n) is 5.23. The second-order valence-corrected chi connectivity index (χ2v) is 6.08. The van der Waals surface area contributed by atoms with Crippen LogP contribution in [0.2, 0.25) is 0 Å². The Hall–Kier alpha value is -0.710. The Morgan fingerprint density at radius 3 is 2.63 bits per heavy atom. The van der Waals surface area contributed by atoms with E-state index in [-0.39, 0.29) is 18.9 Å². The molecule has 2 rings (SSSR count). The Morgan fingerprint density at radius 2 is 2.00 bits per heavy atom. The van der Waals surface area contributed by atoms with Crippen molar-refractivity contribution in [3.05, 3.63) is 28.2 Å². The van der Waals surface area contributed by atoms with Crippen LogP contribution in [0.1, 0.15) is 31.2 Å². The lowest BCUT2D eigenvalue weighted by Gasteiger charge is -2.31. The first kappa shape index (κ1) is 14.7. The Morgan fingerprint density at radius 1 is 1.26 bits per heavy atom. The van der Waals surface area contributed by atoms with E-state index in [9.17, 15) is 13.2 Å². The molecule has 1 aliphatic carbocycles. The lowest BCUT2D eigenvalue weighted by atomic mass is 9.85. The highest BCUT2D eigenvalue weighted by Gasteiger charge is 2.42. The monoisotopic (exact) mass is 335 g/mol. The summed E-state index contributed by atoms with van der Waals surface area (Å²) in [4.78, 5) is 0. The van der Waals surface area contributed by atoms with Crippen molar-refractivity contribution in [1.29, 1.82) is 0 Å². The molecule has 0 amide bonds. The molecule has 0 spiro atoms. The van der Waals surface area contributed by atoms with Crippen molar-refractivity contribution >= 4 is 21.6 Å². The highest BCUT2D eigenvalue weighted by atomic mass is 79.9. The highest BCUT2D eigenvalue weighted by molar-refractivity contribution is 9.10. The molecule has 0 saturated heterocycles. The van der Waals surface area contributed by atoms with Crippen molar-refractivity contribution in [2.24, 2.45) is 5.92 Å². The topological polar surface area (TPSA) is 12.0 Å². The lowest BCUT2D eigenvalue weighted by Crippen LogP contribution is -2.34. The van der Waals surface area contributed by atoms with Crippen molar-refractivity contribution in [2.75, 3.05) is 5.32 Å². The first-order valence-corrected chi connectivity index (χ1v) is 7.25. The molecular weight excluding hydrogens is 319 g/mol. The molecule has 2 unspecified atom stereocenters. The van der Waals surface area contributed by atoms with E-state index in [1.807, 2.05) is 25.1 Å². The quantitative estimate of drug-likeness (QED) is 0.774. The van der Waals surface area contributed by atoms with Crippen LogP contribution in [-0.2, 0) is 0 Å². The molecule has 1 nitrogen and oxygen atoms in total. The predicted octanol–water partition coefficient (Wildman–Crippen LogP) is 5.29. The maximum absolute atomic E-state index is 12.7. The molecule has 0 bridgehead atoms. The van der Waals surface area contributed by atoms with E-state index in [2.05, 4.69) is 21.2 Å². The number of hydrogen-bond acceptors (Lipinski definition) is 1. The van der Waals surface area contributed by atoms with E-state index < -0.39 is 12.1 Å². The van der Waals surface area contributed by atoms with Gasteiger partial charge in [0.2, 0.25) is 0 Å². The highest BCUT2D eigenvalue weighted by Crippen LogP contribution is 2.38. The third kappa shape index (κ3) is 3.88. The average molecular weight is 336 g/mol. The minimum atomic E-state index is -4.06. The van der Waals surface area contributed by atoms with Crippen LogP contribution in [0.15, 0.2) is 22.7 Å². The summed E-state index contributed by atoms with van der Waals surface area (Å²) in [6.45, 7) is 1.98. The van der Waals surface area contributed by atoms with Gasteiger partial charge in [-0.05, 0) is 59.8 Å². The van der Waals surface area contributed by atoms with Crippen LogP contribution >= 0.6 is 15.9 Å². The van der Waals surface area contributed by atoms with Crippen LogP contribution in [0, 0.1) is 12.8 Å². The van der Waals surface area contributed by atoms with Gasteiger partial charge >= 0.3 is 6.18 Å². The Labute approximate surface area is 119 Å². The predicted molar refractivity (Wildman–Crippen MR) is 74.3 cm³/mol. The van der Waals surface area contributed by atoms with Gasteiger partial charge in [0.15, 0.2) is 0 Å². The number of aryl methyl sites for hydroxylation is 1. The Balaban J connectivity index is 2.03. The molecule has 2 atom stereocenters. The number of hydrogen-bond donors (Lipinski definition) is 1. The van der Waals surface area contributed by atoms with Gasteiger partial charge in [0.1, 0.15) is 0 Å². The summed E-state index contributed by atoms with van der Waals surface area (Å²) in [5.41, 5.74) is 1.99. The van der Waals surface area contributed by atoms with Crippen molar-refractivity contribution in [2.45, 2.75) is 44.8 Å². The molecule has 0 heterocycles. The zero-order valence-corrected chi connectivity index (χ0v) is 12.3. The minimum Gasteiger partial charge on any atom is -0.381 e. The molecule has 1 saturated carbocycles. The summed E-state index contributed by atoms with van der Waals surface area (Å²) in [6, 6.07) is 5.74. The molecule has 0 radical (unpaired) electrons. The number of nitrogens with one attached hydrogen (secondary N) is 1. The molecule has 1 aromatic carbocycles. The smallest absolute Gasteiger partial charge is 0.381 e. The molecular formula is C14H17BrF3N. The van der Waals surface area contributed by atoms with Gasteiger partial charge in [-0.25, -0.2) is 0 Å². The Bertz CT molecular complexity index is 445. The fourth-order valence-corrected chi connectivity index (χ4v) is 3.18. The van der Waals surface area contributed by atoms with E-state index in [4.69, 9.17) is 0 Å². The molecule has 0 aromatic heterocycles. The van der Waals surface area contributed by atoms with Crippen LogP contribution < -0.4 is 5.32 Å². The zero-order valence-electron chi connectivity index (χ0n) is 10.7. The van der Waals surface area contributed by atoms with Gasteiger partial charge in [0.25, 0.3) is 0 Å². The van der Waals surface area contributed by atoms with E-state index >= 15 is 0 Å². The number of benzene rings is 1. The van der Waals surface area contributed by atoms with Crippen molar-refractivity contribution < 1.29 is 13.2 Å². The first-order valence-electron chi connectivity index (χ1n) is 6.45. The lowest BCUT2D eigenvalue weighted by molar-refractivity contribution is -0.182. The van der Waals surface area contributed by atoms with Gasteiger partial charge in [0.05, 0.1) is 5.92 Å². The molecule has 5 heteroatoms. The Kier molecular flexibility index (Phi) is 4.43. The van der Waals surface area contributed by atoms with E-state index in [0.29, 0.717) is 6.42 Å². The summed E-state index contributed by atoms with van der Waals surface area (Å²) in [6.07, 6.45) is -2.20. The maximum atomic E-state index is 12.7. The maximum Gasteiger partial charge on any atom is 0.391 e. The minimum absolute atomic E-state index is 0.0978.